The lowest BCUT2D eigenvalue weighted by atomic mass is 9.90. The maximum Gasteiger partial charge on any atom is 0.324 e. The van der Waals surface area contributed by atoms with Crippen molar-refractivity contribution in [2.45, 2.75) is 32.6 Å². The van der Waals surface area contributed by atoms with Crippen molar-refractivity contribution in [3.8, 4) is 5.75 Å². The molecule has 2 amide bonds. The number of piperidine rings is 1. The zero-order valence-electron chi connectivity index (χ0n) is 13.9. The summed E-state index contributed by atoms with van der Waals surface area (Å²) >= 11 is 0. The van der Waals surface area contributed by atoms with Gasteiger partial charge in [-0.25, -0.2) is 4.79 Å². The van der Waals surface area contributed by atoms with Gasteiger partial charge in [0.2, 0.25) is 5.88 Å². The van der Waals surface area contributed by atoms with E-state index in [4.69, 9.17) is 4.52 Å². The number of hydrogen-bond donors (Lipinski definition) is 2. The number of aryl methyl sites for hydroxylation is 2. The van der Waals surface area contributed by atoms with Gasteiger partial charge in [0.25, 0.3) is 0 Å². The maximum absolute atomic E-state index is 12.2. The number of phenolic OH excluding ortho intramolecular Hbond substituents is 1. The smallest absolute Gasteiger partial charge is 0.324 e. The van der Waals surface area contributed by atoms with E-state index in [1.165, 1.54) is 5.56 Å². The molecule has 1 aliphatic rings. The Bertz CT molecular complexity index is 673. The number of nitrogens with one attached hydrogen (secondary N) is 1. The molecule has 24 heavy (non-hydrogen) atoms. The van der Waals surface area contributed by atoms with Crippen LogP contribution in [0.1, 0.15) is 30.5 Å². The molecule has 0 bridgehead atoms. The number of carbonyl (C=O) groups is 1. The van der Waals surface area contributed by atoms with Crippen molar-refractivity contribution in [2.75, 3.05) is 18.4 Å². The number of urea groups is 1. The lowest BCUT2D eigenvalue weighted by Crippen LogP contribution is -2.41. The molecule has 3 rings (SSSR count). The zero-order valence-corrected chi connectivity index (χ0v) is 13.9. The maximum atomic E-state index is 12.2. The Morgan fingerprint density at radius 2 is 2.04 bits per heavy atom. The monoisotopic (exact) mass is 329 g/mol. The van der Waals surface area contributed by atoms with Gasteiger partial charge in [0, 0.05) is 19.2 Å². The third kappa shape index (κ3) is 4.28. The number of anilines is 1. The fourth-order valence-electron chi connectivity index (χ4n) is 3.07. The van der Waals surface area contributed by atoms with Gasteiger partial charge in [0.1, 0.15) is 5.75 Å². The van der Waals surface area contributed by atoms with Crippen LogP contribution >= 0.6 is 0 Å². The SMILES string of the molecule is Cc1cc(NC(=O)N2CCC(CCc3ccc(O)cc3)CC2)on1. The minimum atomic E-state index is -0.122. The third-order valence-corrected chi connectivity index (χ3v) is 4.54. The number of benzene rings is 1. The summed E-state index contributed by atoms with van der Waals surface area (Å²) in [6.45, 7) is 3.34. The Morgan fingerprint density at radius 1 is 1.33 bits per heavy atom. The first kappa shape index (κ1) is 16.4. The van der Waals surface area contributed by atoms with Crippen LogP contribution in [0.4, 0.5) is 10.7 Å². The summed E-state index contributed by atoms with van der Waals surface area (Å²) in [5.41, 5.74) is 1.99. The summed E-state index contributed by atoms with van der Waals surface area (Å²) in [7, 11) is 0. The first-order valence-corrected chi connectivity index (χ1v) is 8.37. The number of hydrogen-bond acceptors (Lipinski definition) is 4. The van der Waals surface area contributed by atoms with Gasteiger partial charge in [-0.3, -0.25) is 5.32 Å². The highest BCUT2D eigenvalue weighted by molar-refractivity contribution is 5.87. The molecule has 2 heterocycles. The van der Waals surface area contributed by atoms with Crippen LogP contribution in [0, 0.1) is 12.8 Å². The van der Waals surface area contributed by atoms with Crippen molar-refractivity contribution in [1.82, 2.24) is 10.1 Å². The van der Waals surface area contributed by atoms with Gasteiger partial charge >= 0.3 is 6.03 Å². The Kier molecular flexibility index (Phi) is 5.03. The van der Waals surface area contributed by atoms with Gasteiger partial charge in [-0.15, -0.1) is 0 Å². The quantitative estimate of drug-likeness (QED) is 0.899. The second-order valence-electron chi connectivity index (χ2n) is 6.40. The molecule has 1 saturated heterocycles. The van der Waals surface area contributed by atoms with Crippen molar-refractivity contribution >= 4 is 11.9 Å². The lowest BCUT2D eigenvalue weighted by molar-refractivity contribution is 0.179. The lowest BCUT2D eigenvalue weighted by Gasteiger charge is -2.31. The number of rotatable bonds is 4. The Morgan fingerprint density at radius 3 is 2.67 bits per heavy atom. The van der Waals surface area contributed by atoms with Crippen molar-refractivity contribution in [1.29, 1.82) is 0 Å². The van der Waals surface area contributed by atoms with E-state index in [1.807, 2.05) is 24.0 Å². The second kappa shape index (κ2) is 7.38. The van der Waals surface area contributed by atoms with E-state index in [0.29, 0.717) is 17.6 Å². The van der Waals surface area contributed by atoms with Crippen LogP contribution in [0.15, 0.2) is 34.9 Å². The molecule has 1 aromatic heterocycles. The summed E-state index contributed by atoms with van der Waals surface area (Å²) in [6.07, 6.45) is 4.15. The minimum absolute atomic E-state index is 0.122. The normalized spacial score (nSPS) is 15.5. The number of aromatic nitrogens is 1. The molecule has 0 unspecified atom stereocenters. The van der Waals surface area contributed by atoms with Gasteiger partial charge in [-0.05, 0) is 56.2 Å². The summed E-state index contributed by atoms with van der Waals surface area (Å²) in [5.74, 6) is 1.34. The van der Waals surface area contributed by atoms with E-state index in [2.05, 4.69) is 10.5 Å². The molecule has 0 atom stereocenters. The molecular weight excluding hydrogens is 306 g/mol. The number of carbonyl (C=O) groups excluding carboxylic acids is 1. The molecule has 0 aliphatic carbocycles. The predicted octanol–water partition coefficient (Wildman–Crippen LogP) is 3.57. The molecule has 1 fully saturated rings. The molecule has 128 valence electrons. The molecule has 0 saturated carbocycles. The van der Waals surface area contributed by atoms with Gasteiger partial charge in [-0.1, -0.05) is 17.3 Å². The van der Waals surface area contributed by atoms with Crippen molar-refractivity contribution in [3.05, 3.63) is 41.6 Å². The van der Waals surface area contributed by atoms with E-state index in [1.54, 1.807) is 18.2 Å². The average molecular weight is 329 g/mol. The molecule has 2 aromatic rings. The fourth-order valence-corrected chi connectivity index (χ4v) is 3.07. The van der Waals surface area contributed by atoms with Gasteiger partial charge in [0.15, 0.2) is 0 Å². The molecule has 0 radical (unpaired) electrons. The summed E-state index contributed by atoms with van der Waals surface area (Å²) in [5, 5.41) is 15.8. The van der Waals surface area contributed by atoms with Gasteiger partial charge < -0.3 is 14.5 Å². The molecule has 1 aromatic carbocycles. The Hall–Kier alpha value is -2.50. The first-order chi connectivity index (χ1) is 11.6. The second-order valence-corrected chi connectivity index (χ2v) is 6.40. The number of aromatic hydroxyl groups is 1. The van der Waals surface area contributed by atoms with Crippen LogP contribution in [0.2, 0.25) is 0 Å². The number of nitrogens with zero attached hydrogens (tertiary/aromatic N) is 2. The van der Waals surface area contributed by atoms with E-state index < -0.39 is 0 Å². The minimum Gasteiger partial charge on any atom is -0.508 e. The summed E-state index contributed by atoms with van der Waals surface area (Å²) < 4.78 is 5.02. The summed E-state index contributed by atoms with van der Waals surface area (Å²) in [6, 6.07) is 8.99. The van der Waals surface area contributed by atoms with E-state index in [-0.39, 0.29) is 6.03 Å². The zero-order chi connectivity index (χ0) is 16.9. The number of phenols is 1. The standard InChI is InChI=1S/C18H23N3O3/c1-13-12-17(24-20-13)19-18(23)21-10-8-15(9-11-21)3-2-14-4-6-16(22)7-5-14/h4-7,12,15,22H,2-3,8-11H2,1H3,(H,19,23). The van der Waals surface area contributed by atoms with E-state index >= 15 is 0 Å². The Balaban J connectivity index is 1.42. The largest absolute Gasteiger partial charge is 0.508 e. The van der Waals surface area contributed by atoms with Crippen LogP contribution in [0.25, 0.3) is 0 Å². The average Bonchev–Trinajstić information content (AvgIpc) is 2.99. The Labute approximate surface area is 141 Å². The van der Waals surface area contributed by atoms with Crippen molar-refractivity contribution in [3.63, 3.8) is 0 Å². The highest BCUT2D eigenvalue weighted by Gasteiger charge is 2.23. The van der Waals surface area contributed by atoms with Crippen LogP contribution in [0.3, 0.4) is 0 Å². The van der Waals surface area contributed by atoms with Crippen LogP contribution in [-0.4, -0.2) is 34.3 Å². The van der Waals surface area contributed by atoms with Crippen LogP contribution in [0.5, 0.6) is 5.75 Å². The van der Waals surface area contributed by atoms with Gasteiger partial charge in [0.05, 0.1) is 5.69 Å². The number of amides is 2. The van der Waals surface area contributed by atoms with E-state index in [0.717, 1.165) is 44.5 Å². The molecular formula is C18H23N3O3. The third-order valence-electron chi connectivity index (χ3n) is 4.54. The van der Waals surface area contributed by atoms with Gasteiger partial charge in [-0.2, -0.15) is 0 Å². The molecule has 2 N–H and O–H groups in total. The van der Waals surface area contributed by atoms with Crippen molar-refractivity contribution in [2.24, 2.45) is 5.92 Å². The molecule has 6 nitrogen and oxygen atoms in total. The first-order valence-electron chi connectivity index (χ1n) is 8.37. The van der Waals surface area contributed by atoms with E-state index in [9.17, 15) is 9.90 Å². The van der Waals surface area contributed by atoms with Crippen molar-refractivity contribution < 1.29 is 14.4 Å². The highest BCUT2D eigenvalue weighted by atomic mass is 16.5. The topological polar surface area (TPSA) is 78.6 Å². The summed E-state index contributed by atoms with van der Waals surface area (Å²) in [4.78, 5) is 14.0. The number of likely N-dealkylation sites (tertiary alicyclic amines) is 1. The molecule has 6 heteroatoms. The van der Waals surface area contributed by atoms with Crippen LogP contribution in [-0.2, 0) is 6.42 Å². The molecule has 0 spiro atoms. The fraction of sp³-hybridized carbons (Fsp3) is 0.444. The predicted molar refractivity (Wildman–Crippen MR) is 91.0 cm³/mol. The highest BCUT2D eigenvalue weighted by Crippen LogP contribution is 2.23. The van der Waals surface area contributed by atoms with Crippen LogP contribution < -0.4 is 5.32 Å². The molecule has 1 aliphatic heterocycles.